The van der Waals surface area contributed by atoms with Gasteiger partial charge in [-0.25, -0.2) is 0 Å². The van der Waals surface area contributed by atoms with Gasteiger partial charge in [-0.3, -0.25) is 4.79 Å². The Hall–Kier alpha value is -1.13. The SMILES string of the molecule is O=Cc1ccc(Oc2cccc(Br)c2)c(Br)c1. The van der Waals surface area contributed by atoms with Crippen molar-refractivity contribution in [2.45, 2.75) is 0 Å². The van der Waals surface area contributed by atoms with Crippen molar-refractivity contribution in [3.63, 3.8) is 0 Å². The highest BCUT2D eigenvalue weighted by molar-refractivity contribution is 9.10. The Labute approximate surface area is 116 Å². The summed E-state index contributed by atoms with van der Waals surface area (Å²) in [6.07, 6.45) is 0.799. The zero-order valence-electron chi connectivity index (χ0n) is 8.69. The van der Waals surface area contributed by atoms with Crippen molar-refractivity contribution in [2.24, 2.45) is 0 Å². The fourth-order valence-electron chi connectivity index (χ4n) is 1.33. The highest BCUT2D eigenvalue weighted by Gasteiger charge is 2.04. The second-order valence-corrected chi connectivity index (χ2v) is 5.14. The molecule has 0 fully saturated rings. The fourth-order valence-corrected chi connectivity index (χ4v) is 2.19. The van der Waals surface area contributed by atoms with Crippen molar-refractivity contribution in [3.8, 4) is 11.5 Å². The van der Waals surface area contributed by atoms with Crippen LogP contribution in [0, 0.1) is 0 Å². The van der Waals surface area contributed by atoms with Crippen LogP contribution in [-0.4, -0.2) is 6.29 Å². The summed E-state index contributed by atoms with van der Waals surface area (Å²) < 4.78 is 7.40. The van der Waals surface area contributed by atoms with Gasteiger partial charge in [0.25, 0.3) is 0 Å². The third-order valence-electron chi connectivity index (χ3n) is 2.12. The smallest absolute Gasteiger partial charge is 0.150 e. The van der Waals surface area contributed by atoms with Crippen LogP contribution in [0.25, 0.3) is 0 Å². The lowest BCUT2D eigenvalue weighted by Gasteiger charge is -2.08. The molecular weight excluding hydrogens is 348 g/mol. The summed E-state index contributed by atoms with van der Waals surface area (Å²) in [5.74, 6) is 1.41. The van der Waals surface area contributed by atoms with Gasteiger partial charge in [0, 0.05) is 10.0 Å². The maximum atomic E-state index is 10.6. The van der Waals surface area contributed by atoms with Gasteiger partial charge in [-0.1, -0.05) is 22.0 Å². The predicted molar refractivity (Wildman–Crippen MR) is 73.7 cm³/mol. The number of rotatable bonds is 3. The van der Waals surface area contributed by atoms with Gasteiger partial charge in [-0.05, 0) is 52.3 Å². The maximum Gasteiger partial charge on any atom is 0.150 e. The van der Waals surface area contributed by atoms with Crippen molar-refractivity contribution >= 4 is 38.1 Å². The van der Waals surface area contributed by atoms with E-state index in [1.54, 1.807) is 18.2 Å². The molecule has 0 spiro atoms. The van der Waals surface area contributed by atoms with Gasteiger partial charge in [0.15, 0.2) is 0 Å². The minimum Gasteiger partial charge on any atom is -0.456 e. The van der Waals surface area contributed by atoms with E-state index < -0.39 is 0 Å². The summed E-state index contributed by atoms with van der Waals surface area (Å²) in [5.41, 5.74) is 0.610. The van der Waals surface area contributed by atoms with E-state index in [2.05, 4.69) is 31.9 Å². The molecule has 2 aromatic rings. The summed E-state index contributed by atoms with van der Waals surface area (Å²) in [6.45, 7) is 0. The molecule has 0 bridgehead atoms. The predicted octanol–water partition coefficient (Wildman–Crippen LogP) is 4.82. The van der Waals surface area contributed by atoms with Gasteiger partial charge >= 0.3 is 0 Å². The largest absolute Gasteiger partial charge is 0.456 e. The van der Waals surface area contributed by atoms with E-state index in [-0.39, 0.29) is 0 Å². The van der Waals surface area contributed by atoms with Crippen LogP contribution in [0.1, 0.15) is 10.4 Å². The van der Waals surface area contributed by atoms with E-state index in [4.69, 9.17) is 4.74 Å². The Morgan fingerprint density at radius 3 is 2.53 bits per heavy atom. The van der Waals surface area contributed by atoms with Crippen LogP contribution >= 0.6 is 31.9 Å². The molecule has 0 aliphatic rings. The van der Waals surface area contributed by atoms with E-state index in [9.17, 15) is 4.79 Å². The molecule has 86 valence electrons. The van der Waals surface area contributed by atoms with Gasteiger partial charge in [0.1, 0.15) is 17.8 Å². The summed E-state index contributed by atoms with van der Waals surface area (Å²) >= 11 is 6.75. The maximum absolute atomic E-state index is 10.6. The molecule has 0 aliphatic heterocycles. The second-order valence-electron chi connectivity index (χ2n) is 3.37. The molecule has 0 radical (unpaired) electrons. The molecule has 2 rings (SSSR count). The molecule has 0 saturated heterocycles. The minimum absolute atomic E-state index is 0.610. The van der Waals surface area contributed by atoms with Crippen molar-refractivity contribution in [1.82, 2.24) is 0 Å². The lowest BCUT2D eigenvalue weighted by molar-refractivity contribution is 0.112. The van der Waals surface area contributed by atoms with E-state index in [0.29, 0.717) is 11.3 Å². The first kappa shape index (κ1) is 12.3. The molecule has 2 aromatic carbocycles. The summed E-state index contributed by atoms with van der Waals surface area (Å²) in [6, 6.07) is 12.8. The first-order valence-corrected chi connectivity index (χ1v) is 6.46. The van der Waals surface area contributed by atoms with Crippen molar-refractivity contribution in [3.05, 3.63) is 57.0 Å². The number of carbonyl (C=O) groups excluding carboxylic acids is 1. The van der Waals surface area contributed by atoms with Gasteiger partial charge in [-0.15, -0.1) is 0 Å². The van der Waals surface area contributed by atoms with E-state index in [0.717, 1.165) is 21.0 Å². The topological polar surface area (TPSA) is 26.3 Å². The Balaban J connectivity index is 2.27. The van der Waals surface area contributed by atoms with E-state index in [1.807, 2.05) is 24.3 Å². The fraction of sp³-hybridized carbons (Fsp3) is 0. The summed E-state index contributed by atoms with van der Waals surface area (Å²) in [7, 11) is 0. The van der Waals surface area contributed by atoms with Crippen LogP contribution in [0.15, 0.2) is 51.4 Å². The van der Waals surface area contributed by atoms with Crippen LogP contribution in [0.3, 0.4) is 0 Å². The number of carbonyl (C=O) groups is 1. The van der Waals surface area contributed by atoms with Crippen molar-refractivity contribution in [2.75, 3.05) is 0 Å². The zero-order valence-corrected chi connectivity index (χ0v) is 11.9. The first-order chi connectivity index (χ1) is 8.19. The minimum atomic E-state index is 0.610. The molecule has 0 aliphatic carbocycles. The van der Waals surface area contributed by atoms with Crippen LogP contribution < -0.4 is 4.74 Å². The van der Waals surface area contributed by atoms with Gasteiger partial charge in [0.2, 0.25) is 0 Å². The Kier molecular flexibility index (Phi) is 3.97. The molecular formula is C13H8Br2O2. The molecule has 17 heavy (non-hydrogen) atoms. The highest BCUT2D eigenvalue weighted by atomic mass is 79.9. The van der Waals surface area contributed by atoms with Crippen molar-refractivity contribution in [1.29, 1.82) is 0 Å². The molecule has 0 amide bonds. The third kappa shape index (κ3) is 3.17. The van der Waals surface area contributed by atoms with E-state index >= 15 is 0 Å². The first-order valence-electron chi connectivity index (χ1n) is 4.87. The Bertz CT molecular complexity index is 553. The molecule has 0 atom stereocenters. The molecule has 2 nitrogen and oxygen atoms in total. The lowest BCUT2D eigenvalue weighted by Crippen LogP contribution is -1.87. The third-order valence-corrected chi connectivity index (χ3v) is 3.23. The average Bonchev–Trinajstić information content (AvgIpc) is 2.32. The monoisotopic (exact) mass is 354 g/mol. The quantitative estimate of drug-likeness (QED) is 0.738. The lowest BCUT2D eigenvalue weighted by atomic mass is 10.2. The second kappa shape index (κ2) is 5.47. The van der Waals surface area contributed by atoms with Crippen LogP contribution in [0.4, 0.5) is 0 Å². The Morgan fingerprint density at radius 2 is 1.88 bits per heavy atom. The molecule has 0 unspecified atom stereocenters. The molecule has 0 aromatic heterocycles. The average molecular weight is 356 g/mol. The number of hydrogen-bond donors (Lipinski definition) is 0. The molecule has 0 heterocycles. The molecule has 0 N–H and O–H groups in total. The number of aldehydes is 1. The summed E-state index contributed by atoms with van der Waals surface area (Å²) in [5, 5.41) is 0. The van der Waals surface area contributed by atoms with Crippen LogP contribution in [0.2, 0.25) is 0 Å². The van der Waals surface area contributed by atoms with Gasteiger partial charge in [-0.2, -0.15) is 0 Å². The Morgan fingerprint density at radius 1 is 1.06 bits per heavy atom. The zero-order chi connectivity index (χ0) is 12.3. The number of ether oxygens (including phenoxy) is 1. The standard InChI is InChI=1S/C13H8Br2O2/c14-10-2-1-3-11(7-10)17-13-5-4-9(8-16)6-12(13)15/h1-8H. The normalized spacial score (nSPS) is 10.0. The number of hydrogen-bond acceptors (Lipinski definition) is 2. The number of halogens is 2. The van der Waals surface area contributed by atoms with E-state index in [1.165, 1.54) is 0 Å². The molecule has 0 saturated carbocycles. The van der Waals surface area contributed by atoms with Gasteiger partial charge in [0.05, 0.1) is 4.47 Å². The summed E-state index contributed by atoms with van der Waals surface area (Å²) in [4.78, 5) is 10.6. The highest BCUT2D eigenvalue weighted by Crippen LogP contribution is 2.31. The molecule has 4 heteroatoms. The van der Waals surface area contributed by atoms with Gasteiger partial charge < -0.3 is 4.74 Å². The van der Waals surface area contributed by atoms with Crippen molar-refractivity contribution < 1.29 is 9.53 Å². The van der Waals surface area contributed by atoms with Crippen LogP contribution in [0.5, 0.6) is 11.5 Å². The number of benzene rings is 2. The van der Waals surface area contributed by atoms with Crippen LogP contribution in [-0.2, 0) is 0 Å².